The number of aromatic amines is 1. The van der Waals surface area contributed by atoms with Gasteiger partial charge in [0, 0.05) is 34.4 Å². The number of nitrogens with one attached hydrogen (secondary N) is 2. The Labute approximate surface area is 122 Å². The molecule has 4 nitrogen and oxygen atoms in total. The summed E-state index contributed by atoms with van der Waals surface area (Å²) < 4.78 is 0. The fraction of sp³-hybridized carbons (Fsp3) is 0.235. The summed E-state index contributed by atoms with van der Waals surface area (Å²) in [6, 6.07) is 8.29. The summed E-state index contributed by atoms with van der Waals surface area (Å²) in [6.45, 7) is 0.382. The number of allylic oxidation sites excluding steroid dienone is 2. The minimum atomic E-state index is -0.836. The van der Waals surface area contributed by atoms with Crippen LogP contribution in [0.2, 0.25) is 0 Å². The zero-order valence-corrected chi connectivity index (χ0v) is 11.6. The molecule has 106 valence electrons. The predicted molar refractivity (Wildman–Crippen MR) is 81.9 cm³/mol. The molecule has 1 aromatic heterocycles. The monoisotopic (exact) mass is 280 g/mol. The molecule has 4 heteroatoms. The molecule has 0 amide bonds. The Bertz CT molecular complexity index is 811. The quantitative estimate of drug-likeness (QED) is 0.752. The number of carboxylic acids is 1. The molecule has 0 saturated carbocycles. The first-order valence-corrected chi connectivity index (χ1v) is 7.25. The Hall–Kier alpha value is -2.49. The number of fused-ring (bicyclic) bond motifs is 4. The molecule has 0 bridgehead atoms. The van der Waals surface area contributed by atoms with Crippen molar-refractivity contribution in [3.8, 4) is 0 Å². The van der Waals surface area contributed by atoms with Gasteiger partial charge in [0.05, 0.1) is 5.57 Å². The van der Waals surface area contributed by atoms with Crippen LogP contribution in [0.4, 0.5) is 0 Å². The van der Waals surface area contributed by atoms with E-state index in [1.807, 2.05) is 18.2 Å². The fourth-order valence-electron chi connectivity index (χ4n) is 3.34. The zero-order chi connectivity index (χ0) is 14.4. The summed E-state index contributed by atoms with van der Waals surface area (Å²) in [4.78, 5) is 14.7. The van der Waals surface area contributed by atoms with Crippen molar-refractivity contribution in [2.75, 3.05) is 6.54 Å². The average molecular weight is 280 g/mol. The second-order valence-corrected chi connectivity index (χ2v) is 5.61. The second kappa shape index (κ2) is 4.52. The number of carbonyl (C=O) groups is 1. The van der Waals surface area contributed by atoms with E-state index in [0.29, 0.717) is 12.1 Å². The Kier molecular flexibility index (Phi) is 2.64. The summed E-state index contributed by atoms with van der Waals surface area (Å²) >= 11 is 0. The van der Waals surface area contributed by atoms with E-state index in [1.165, 1.54) is 16.6 Å². The first kappa shape index (κ1) is 12.3. The number of hydrogen-bond donors (Lipinski definition) is 3. The highest BCUT2D eigenvalue weighted by molar-refractivity contribution is 5.97. The normalized spacial score (nSPS) is 17.6. The number of dihydropyridines is 1. The second-order valence-electron chi connectivity index (χ2n) is 5.61. The van der Waals surface area contributed by atoms with Crippen LogP contribution in [-0.4, -0.2) is 22.6 Å². The maximum Gasteiger partial charge on any atom is 0.333 e. The number of aliphatic carboxylic acids is 1. The van der Waals surface area contributed by atoms with Crippen molar-refractivity contribution in [3.05, 3.63) is 52.7 Å². The van der Waals surface area contributed by atoms with E-state index in [0.717, 1.165) is 36.0 Å². The van der Waals surface area contributed by atoms with Crippen LogP contribution in [0.3, 0.4) is 0 Å². The number of hydrogen-bond acceptors (Lipinski definition) is 2. The first-order chi connectivity index (χ1) is 10.2. The molecule has 1 aliphatic heterocycles. The molecule has 0 atom stereocenters. The van der Waals surface area contributed by atoms with Gasteiger partial charge in [-0.05, 0) is 37.0 Å². The summed E-state index contributed by atoms with van der Waals surface area (Å²) in [5, 5.41) is 13.7. The van der Waals surface area contributed by atoms with Gasteiger partial charge >= 0.3 is 5.97 Å². The number of aryl methyl sites for hydroxylation is 1. The Morgan fingerprint density at radius 1 is 1.19 bits per heavy atom. The predicted octanol–water partition coefficient (Wildman–Crippen LogP) is 2.83. The number of rotatable bonds is 1. The molecule has 1 aromatic carbocycles. The highest BCUT2D eigenvalue weighted by atomic mass is 16.4. The maximum atomic E-state index is 11.2. The molecule has 0 spiro atoms. The van der Waals surface area contributed by atoms with Gasteiger partial charge in [-0.1, -0.05) is 18.2 Å². The van der Waals surface area contributed by atoms with Crippen molar-refractivity contribution in [2.24, 2.45) is 0 Å². The molecule has 0 radical (unpaired) electrons. The largest absolute Gasteiger partial charge is 0.478 e. The first-order valence-electron chi connectivity index (χ1n) is 7.25. The third-order valence-corrected chi connectivity index (χ3v) is 4.31. The Morgan fingerprint density at radius 3 is 2.90 bits per heavy atom. The molecule has 2 aliphatic rings. The minimum absolute atomic E-state index is 0.382. The zero-order valence-electron chi connectivity index (χ0n) is 11.6. The van der Waals surface area contributed by atoms with Crippen molar-refractivity contribution >= 4 is 22.6 Å². The topological polar surface area (TPSA) is 65.1 Å². The van der Waals surface area contributed by atoms with Gasteiger partial charge < -0.3 is 15.4 Å². The summed E-state index contributed by atoms with van der Waals surface area (Å²) in [5.74, 6) is -0.836. The molecule has 21 heavy (non-hydrogen) atoms. The molecular formula is C17H16N2O2. The molecule has 3 N–H and O–H groups in total. The van der Waals surface area contributed by atoms with Gasteiger partial charge in [-0.15, -0.1) is 0 Å². The fourth-order valence-corrected chi connectivity index (χ4v) is 3.34. The third-order valence-electron chi connectivity index (χ3n) is 4.31. The lowest BCUT2D eigenvalue weighted by Crippen LogP contribution is -2.24. The van der Waals surface area contributed by atoms with Gasteiger partial charge in [-0.2, -0.15) is 0 Å². The van der Waals surface area contributed by atoms with E-state index in [-0.39, 0.29) is 0 Å². The molecule has 1 aliphatic carbocycles. The third kappa shape index (κ3) is 1.87. The van der Waals surface area contributed by atoms with E-state index in [2.05, 4.69) is 22.4 Å². The van der Waals surface area contributed by atoms with Crippen LogP contribution < -0.4 is 5.32 Å². The Morgan fingerprint density at radius 2 is 2.05 bits per heavy atom. The van der Waals surface area contributed by atoms with E-state index in [1.54, 1.807) is 0 Å². The molecule has 0 unspecified atom stereocenters. The molecule has 2 aromatic rings. The number of aromatic nitrogens is 1. The van der Waals surface area contributed by atoms with Crippen molar-refractivity contribution in [3.63, 3.8) is 0 Å². The highest BCUT2D eigenvalue weighted by Gasteiger charge is 2.24. The van der Waals surface area contributed by atoms with Crippen molar-refractivity contribution in [1.29, 1.82) is 0 Å². The Balaban J connectivity index is 1.96. The van der Waals surface area contributed by atoms with Gasteiger partial charge in [-0.3, -0.25) is 0 Å². The average Bonchev–Trinajstić information content (AvgIpc) is 2.75. The summed E-state index contributed by atoms with van der Waals surface area (Å²) in [6.07, 6.45) is 4.79. The summed E-state index contributed by atoms with van der Waals surface area (Å²) in [7, 11) is 0. The van der Waals surface area contributed by atoms with Crippen LogP contribution >= 0.6 is 0 Å². The van der Waals surface area contributed by atoms with Crippen LogP contribution in [0.5, 0.6) is 0 Å². The molecule has 0 saturated heterocycles. The standard InChI is InChI=1S/C17H16N2O2/c20-17(21)11-8-10-4-3-7-14-15(16(10)18-9-11)12-5-1-2-6-13(12)19-14/h1-2,5-6,8,18-19H,3-4,7,9H2,(H,20,21). The van der Waals surface area contributed by atoms with E-state index in [4.69, 9.17) is 0 Å². The molecule has 0 fully saturated rings. The number of benzene rings is 1. The van der Waals surface area contributed by atoms with Gasteiger partial charge in [-0.25, -0.2) is 4.79 Å². The van der Waals surface area contributed by atoms with Crippen molar-refractivity contribution in [2.45, 2.75) is 19.3 Å². The lowest BCUT2D eigenvalue weighted by atomic mass is 9.98. The molecular weight excluding hydrogens is 264 g/mol. The summed E-state index contributed by atoms with van der Waals surface area (Å²) in [5.41, 5.74) is 6.27. The lowest BCUT2D eigenvalue weighted by molar-refractivity contribution is -0.132. The SMILES string of the molecule is O=C(O)C1=CC2=C(NC1)c1c([nH]c3ccccc13)CCC2. The number of carboxylic acid groups (broad SMARTS) is 1. The number of para-hydroxylation sites is 1. The van der Waals surface area contributed by atoms with Gasteiger partial charge in [0.15, 0.2) is 0 Å². The maximum absolute atomic E-state index is 11.2. The highest BCUT2D eigenvalue weighted by Crippen LogP contribution is 2.36. The van der Waals surface area contributed by atoms with Crippen LogP contribution in [0, 0.1) is 0 Å². The smallest absolute Gasteiger partial charge is 0.333 e. The van der Waals surface area contributed by atoms with Crippen LogP contribution in [-0.2, 0) is 11.2 Å². The van der Waals surface area contributed by atoms with E-state index in [9.17, 15) is 9.90 Å². The van der Waals surface area contributed by atoms with Crippen LogP contribution in [0.15, 0.2) is 41.5 Å². The lowest BCUT2D eigenvalue weighted by Gasteiger charge is -2.20. The van der Waals surface area contributed by atoms with Crippen molar-refractivity contribution < 1.29 is 9.90 Å². The van der Waals surface area contributed by atoms with Crippen LogP contribution in [0.25, 0.3) is 16.6 Å². The van der Waals surface area contributed by atoms with E-state index >= 15 is 0 Å². The van der Waals surface area contributed by atoms with Crippen LogP contribution in [0.1, 0.15) is 24.1 Å². The minimum Gasteiger partial charge on any atom is -0.478 e. The van der Waals surface area contributed by atoms with Gasteiger partial charge in [0.1, 0.15) is 0 Å². The van der Waals surface area contributed by atoms with Gasteiger partial charge in [0.2, 0.25) is 0 Å². The van der Waals surface area contributed by atoms with Gasteiger partial charge in [0.25, 0.3) is 0 Å². The van der Waals surface area contributed by atoms with Crippen molar-refractivity contribution in [1.82, 2.24) is 10.3 Å². The molecule has 2 heterocycles. The number of H-pyrrole nitrogens is 1. The van der Waals surface area contributed by atoms with E-state index < -0.39 is 5.97 Å². The molecule has 4 rings (SSSR count).